The summed E-state index contributed by atoms with van der Waals surface area (Å²) in [4.78, 5) is 27.7. The predicted octanol–water partition coefficient (Wildman–Crippen LogP) is 3.74. The Kier molecular flexibility index (Phi) is 5.65. The smallest absolute Gasteiger partial charge is 0.407 e. The Morgan fingerprint density at radius 2 is 1.97 bits per heavy atom. The van der Waals surface area contributed by atoms with E-state index in [9.17, 15) is 23.6 Å². The van der Waals surface area contributed by atoms with Crippen molar-refractivity contribution in [1.82, 2.24) is 9.88 Å². The summed E-state index contributed by atoms with van der Waals surface area (Å²) in [7, 11) is 0. The number of halogens is 2. The number of aromatic nitrogens is 1. The second-order valence-corrected chi connectivity index (χ2v) is 7.88. The van der Waals surface area contributed by atoms with Crippen LogP contribution in [0, 0.1) is 17.2 Å². The quantitative estimate of drug-likeness (QED) is 0.729. The highest BCUT2D eigenvalue weighted by Gasteiger charge is 2.48. The third-order valence-corrected chi connectivity index (χ3v) is 5.47. The number of hydrogen-bond donors (Lipinski definition) is 2. The van der Waals surface area contributed by atoms with Crippen LogP contribution in [0.15, 0.2) is 36.5 Å². The summed E-state index contributed by atoms with van der Waals surface area (Å²) in [6.45, 7) is -1.04. The molecule has 2 fully saturated rings. The Morgan fingerprint density at radius 3 is 2.62 bits per heavy atom. The first-order valence-corrected chi connectivity index (χ1v) is 10.1. The number of nitriles is 1. The van der Waals surface area contributed by atoms with E-state index in [0.29, 0.717) is 21.8 Å². The van der Waals surface area contributed by atoms with Gasteiger partial charge in [0.1, 0.15) is 17.6 Å². The van der Waals surface area contributed by atoms with Crippen molar-refractivity contribution >= 4 is 17.8 Å². The lowest BCUT2D eigenvalue weighted by Gasteiger charge is -2.36. The second-order valence-electron chi connectivity index (χ2n) is 7.88. The molecule has 2 aromatic rings. The van der Waals surface area contributed by atoms with Gasteiger partial charge in [0.2, 0.25) is 5.91 Å². The van der Waals surface area contributed by atoms with Crippen molar-refractivity contribution in [1.29, 1.82) is 5.26 Å². The van der Waals surface area contributed by atoms with Gasteiger partial charge in [-0.15, -0.1) is 0 Å². The van der Waals surface area contributed by atoms with Crippen LogP contribution >= 0.6 is 0 Å². The maximum atomic E-state index is 14.4. The van der Waals surface area contributed by atoms with Crippen LogP contribution in [0.1, 0.15) is 24.8 Å². The lowest BCUT2D eigenvalue weighted by atomic mass is 10.0. The summed E-state index contributed by atoms with van der Waals surface area (Å²) in [5, 5.41) is 21.2. The van der Waals surface area contributed by atoms with Gasteiger partial charge in [0.05, 0.1) is 12.1 Å². The molecular weight excluding hydrogens is 422 g/mol. The lowest BCUT2D eigenvalue weighted by Crippen LogP contribution is -2.55. The molecule has 166 valence electrons. The van der Waals surface area contributed by atoms with Gasteiger partial charge >= 0.3 is 12.0 Å². The highest BCUT2D eigenvalue weighted by Crippen LogP contribution is 2.34. The highest BCUT2D eigenvalue weighted by molar-refractivity contribution is 5.93. The van der Waals surface area contributed by atoms with Gasteiger partial charge in [-0.25, -0.2) is 18.6 Å². The molecule has 1 saturated carbocycles. The number of alkyl halides is 2. The normalized spacial score (nSPS) is 19.7. The largest absolute Gasteiger partial charge is 0.483 e. The second kappa shape index (κ2) is 8.42. The van der Waals surface area contributed by atoms with Crippen molar-refractivity contribution in [3.8, 4) is 22.9 Å². The molecule has 2 amide bonds. The van der Waals surface area contributed by atoms with Crippen LogP contribution in [0.4, 0.5) is 19.4 Å². The fourth-order valence-electron chi connectivity index (χ4n) is 3.53. The van der Waals surface area contributed by atoms with Crippen LogP contribution in [0.25, 0.3) is 11.1 Å². The molecular formula is C22H20F2N4O4. The van der Waals surface area contributed by atoms with Crippen LogP contribution in [-0.2, 0) is 4.79 Å². The standard InChI is InChI=1S/C22H20F2N4O4/c23-22(24)12-28(21(30)31)8-6-18(22)32-17-4-3-14(9-16(17)11-25)15-5-7-26-19(10-15)27-20(29)13-1-2-13/h3-5,7,9-10,13,18H,1-2,6,8,12H2,(H,30,31)(H,26,27,29)/t18-/m0/s1. The molecule has 2 heterocycles. The van der Waals surface area contributed by atoms with Crippen LogP contribution in [0.3, 0.4) is 0 Å². The zero-order chi connectivity index (χ0) is 22.9. The van der Waals surface area contributed by atoms with Crippen LogP contribution < -0.4 is 10.1 Å². The van der Waals surface area contributed by atoms with E-state index in [0.717, 1.165) is 12.8 Å². The van der Waals surface area contributed by atoms with E-state index in [1.807, 2.05) is 6.07 Å². The summed E-state index contributed by atoms with van der Waals surface area (Å²) in [5.41, 5.74) is 1.39. The molecule has 2 N–H and O–H groups in total. The number of likely N-dealkylation sites (tertiary alicyclic amines) is 1. The molecule has 32 heavy (non-hydrogen) atoms. The predicted molar refractivity (Wildman–Crippen MR) is 109 cm³/mol. The molecule has 1 aromatic heterocycles. The fourth-order valence-corrected chi connectivity index (χ4v) is 3.53. The lowest BCUT2D eigenvalue weighted by molar-refractivity contribution is -0.133. The van der Waals surface area contributed by atoms with E-state index >= 15 is 0 Å². The molecule has 2 aliphatic rings. The van der Waals surface area contributed by atoms with Crippen LogP contribution in [-0.4, -0.2) is 52.1 Å². The number of carbonyl (C=O) groups excluding carboxylic acids is 1. The van der Waals surface area contributed by atoms with Gasteiger partial charge in [0, 0.05) is 25.1 Å². The van der Waals surface area contributed by atoms with Crippen molar-refractivity contribution in [2.24, 2.45) is 5.92 Å². The Morgan fingerprint density at radius 1 is 1.22 bits per heavy atom. The number of hydrogen-bond acceptors (Lipinski definition) is 5. The zero-order valence-electron chi connectivity index (χ0n) is 16.9. The zero-order valence-corrected chi connectivity index (χ0v) is 16.9. The van der Waals surface area contributed by atoms with E-state index in [-0.39, 0.29) is 36.1 Å². The van der Waals surface area contributed by atoms with E-state index in [2.05, 4.69) is 10.3 Å². The Balaban J connectivity index is 1.52. The number of amides is 2. The molecule has 1 atom stereocenters. The molecule has 1 aliphatic heterocycles. The number of pyridine rings is 1. The summed E-state index contributed by atoms with van der Waals surface area (Å²) < 4.78 is 34.3. The van der Waals surface area contributed by atoms with E-state index in [1.54, 1.807) is 18.2 Å². The third-order valence-electron chi connectivity index (χ3n) is 5.47. The number of piperidine rings is 1. The molecule has 1 aromatic carbocycles. The SMILES string of the molecule is N#Cc1cc(-c2ccnc(NC(=O)C3CC3)c2)ccc1O[C@H]1CCN(C(=O)O)CC1(F)F. The van der Waals surface area contributed by atoms with Crippen LogP contribution in [0.5, 0.6) is 5.75 Å². The summed E-state index contributed by atoms with van der Waals surface area (Å²) >= 11 is 0. The molecule has 0 bridgehead atoms. The minimum absolute atomic E-state index is 0.000941. The number of nitrogens with zero attached hydrogens (tertiary/aromatic N) is 3. The molecule has 1 saturated heterocycles. The fraction of sp³-hybridized carbons (Fsp3) is 0.364. The summed E-state index contributed by atoms with van der Waals surface area (Å²) in [6.07, 6.45) is 0.127. The first-order valence-electron chi connectivity index (χ1n) is 10.1. The summed E-state index contributed by atoms with van der Waals surface area (Å²) in [6, 6.07) is 9.93. The van der Waals surface area contributed by atoms with Crippen molar-refractivity contribution in [2.45, 2.75) is 31.3 Å². The number of carbonyl (C=O) groups is 2. The Hall–Kier alpha value is -3.74. The molecule has 0 unspecified atom stereocenters. The van der Waals surface area contributed by atoms with Crippen molar-refractivity contribution in [3.63, 3.8) is 0 Å². The van der Waals surface area contributed by atoms with E-state index in [4.69, 9.17) is 9.84 Å². The minimum atomic E-state index is -3.39. The first-order chi connectivity index (χ1) is 15.3. The minimum Gasteiger partial charge on any atom is -0.483 e. The maximum Gasteiger partial charge on any atom is 0.407 e. The molecule has 1 aliphatic carbocycles. The molecule has 8 nitrogen and oxygen atoms in total. The number of nitrogens with one attached hydrogen (secondary N) is 1. The summed E-state index contributed by atoms with van der Waals surface area (Å²) in [5.74, 6) is -3.04. The van der Waals surface area contributed by atoms with Crippen molar-refractivity contribution < 1.29 is 28.2 Å². The molecule has 4 rings (SSSR count). The van der Waals surface area contributed by atoms with Gasteiger partial charge in [0.25, 0.3) is 0 Å². The van der Waals surface area contributed by atoms with Crippen molar-refractivity contribution in [2.75, 3.05) is 18.4 Å². The number of benzene rings is 1. The number of anilines is 1. The number of ether oxygens (including phenoxy) is 1. The average molecular weight is 442 g/mol. The van der Waals surface area contributed by atoms with Gasteiger partial charge in [-0.3, -0.25) is 4.79 Å². The Bertz CT molecular complexity index is 1100. The van der Waals surface area contributed by atoms with E-state index < -0.39 is 24.7 Å². The van der Waals surface area contributed by atoms with Gasteiger partial charge in [0.15, 0.2) is 6.10 Å². The monoisotopic (exact) mass is 442 g/mol. The average Bonchev–Trinajstić information content (AvgIpc) is 3.60. The van der Waals surface area contributed by atoms with E-state index in [1.165, 1.54) is 18.3 Å². The number of carboxylic acid groups (broad SMARTS) is 1. The topological polar surface area (TPSA) is 116 Å². The highest BCUT2D eigenvalue weighted by atomic mass is 19.3. The molecule has 0 radical (unpaired) electrons. The van der Waals surface area contributed by atoms with Crippen molar-refractivity contribution in [3.05, 3.63) is 42.1 Å². The molecule has 0 spiro atoms. The first kappa shape index (κ1) is 21.5. The maximum absolute atomic E-state index is 14.4. The van der Waals surface area contributed by atoms with Gasteiger partial charge in [-0.05, 0) is 48.2 Å². The van der Waals surface area contributed by atoms with Gasteiger partial charge in [-0.2, -0.15) is 5.26 Å². The number of rotatable bonds is 5. The third kappa shape index (κ3) is 4.61. The van der Waals surface area contributed by atoms with Gasteiger partial charge in [-0.1, -0.05) is 6.07 Å². The Labute approximate surface area is 182 Å². The van der Waals surface area contributed by atoms with Gasteiger partial charge < -0.3 is 20.1 Å². The molecule has 10 heteroatoms. The van der Waals surface area contributed by atoms with Crippen LogP contribution in [0.2, 0.25) is 0 Å².